The first-order chi connectivity index (χ1) is 27.7. The van der Waals surface area contributed by atoms with Gasteiger partial charge in [-0.15, -0.1) is 0 Å². The maximum atomic E-state index is 14.4. The van der Waals surface area contributed by atoms with Crippen molar-refractivity contribution in [3.05, 3.63) is 83.4 Å². The van der Waals surface area contributed by atoms with Crippen molar-refractivity contribution in [3.63, 3.8) is 0 Å². The van der Waals surface area contributed by atoms with Crippen LogP contribution in [0.1, 0.15) is 55.1 Å². The number of thiocarbonyl (C=S) groups is 1. The highest BCUT2D eigenvalue weighted by atomic mass is 32.1. The fourth-order valence-corrected chi connectivity index (χ4v) is 7.93. The molecule has 3 aromatic carbocycles. The van der Waals surface area contributed by atoms with E-state index in [0.717, 1.165) is 51.4 Å². The summed E-state index contributed by atoms with van der Waals surface area (Å²) in [6.45, 7) is 10.9. The summed E-state index contributed by atoms with van der Waals surface area (Å²) in [6, 6.07) is 20.8. The van der Waals surface area contributed by atoms with Crippen LogP contribution in [0.5, 0.6) is 0 Å². The number of amides is 3. The molecule has 13 nitrogen and oxygen atoms in total. The van der Waals surface area contributed by atoms with Gasteiger partial charge in [0.15, 0.2) is 5.11 Å². The number of nitriles is 1. The van der Waals surface area contributed by atoms with Crippen molar-refractivity contribution in [2.45, 2.75) is 45.1 Å². The van der Waals surface area contributed by atoms with Crippen molar-refractivity contribution in [1.29, 1.82) is 5.26 Å². The average Bonchev–Trinajstić information content (AvgIpc) is 3.38. The number of ether oxygens (including phenoxy) is 1. The molecule has 3 fully saturated rings. The lowest BCUT2D eigenvalue weighted by Gasteiger charge is -2.36. The molecule has 2 N–H and O–H groups in total. The van der Waals surface area contributed by atoms with Gasteiger partial charge in [-0.25, -0.2) is 8.78 Å². The molecule has 0 aliphatic carbocycles. The van der Waals surface area contributed by atoms with Crippen LogP contribution in [0.4, 0.5) is 31.5 Å². The van der Waals surface area contributed by atoms with E-state index in [2.05, 4.69) is 20.4 Å². The second-order valence-electron chi connectivity index (χ2n) is 15.1. The van der Waals surface area contributed by atoms with E-state index in [0.29, 0.717) is 62.8 Å². The van der Waals surface area contributed by atoms with Gasteiger partial charge in [-0.2, -0.15) is 5.26 Å². The highest BCUT2D eigenvalue weighted by molar-refractivity contribution is 7.81. The number of alkyl halides is 2. The van der Waals surface area contributed by atoms with Gasteiger partial charge in [-0.3, -0.25) is 29.0 Å². The lowest BCUT2D eigenvalue weighted by molar-refractivity contribution is -0.139. The van der Waals surface area contributed by atoms with Gasteiger partial charge in [0, 0.05) is 94.9 Å². The van der Waals surface area contributed by atoms with Crippen molar-refractivity contribution in [2.75, 3.05) is 92.1 Å². The maximum absolute atomic E-state index is 14.4. The summed E-state index contributed by atoms with van der Waals surface area (Å²) >= 11 is 5.77. The Morgan fingerprint density at radius 3 is 2.29 bits per heavy atom. The minimum absolute atomic E-state index is 0.0461. The van der Waals surface area contributed by atoms with Gasteiger partial charge in [0.1, 0.15) is 11.3 Å². The first-order valence-corrected chi connectivity index (χ1v) is 19.8. The third-order valence-electron chi connectivity index (χ3n) is 10.7. The van der Waals surface area contributed by atoms with Crippen molar-refractivity contribution in [1.82, 2.24) is 15.1 Å². The van der Waals surface area contributed by atoms with E-state index in [1.807, 2.05) is 36.4 Å². The number of halogens is 2. The number of carbonyl (C=O) groups excluding carboxylic acids is 4. The van der Waals surface area contributed by atoms with Crippen molar-refractivity contribution >= 4 is 63.6 Å². The first-order valence-electron chi connectivity index (χ1n) is 19.4. The van der Waals surface area contributed by atoms with Gasteiger partial charge in [0.25, 0.3) is 17.7 Å². The molecule has 58 heavy (non-hydrogen) atoms. The van der Waals surface area contributed by atoms with Crippen LogP contribution in [0.3, 0.4) is 0 Å². The minimum Gasteiger partial charge on any atom is -0.382 e. The molecule has 6 rings (SSSR count). The lowest BCUT2D eigenvalue weighted by Crippen LogP contribution is -2.47. The van der Waals surface area contributed by atoms with E-state index in [4.69, 9.17) is 17.0 Å². The van der Waals surface area contributed by atoms with Crippen LogP contribution in [0.15, 0.2) is 66.7 Å². The number of ketones is 1. The van der Waals surface area contributed by atoms with E-state index in [9.17, 15) is 33.2 Å². The van der Waals surface area contributed by atoms with Crippen molar-refractivity contribution < 1.29 is 32.7 Å². The molecule has 0 bridgehead atoms. The summed E-state index contributed by atoms with van der Waals surface area (Å²) in [5, 5.41) is 15.7. The Hall–Kier alpha value is -5.50. The summed E-state index contributed by atoms with van der Waals surface area (Å²) in [7, 11) is 0. The number of anilines is 4. The van der Waals surface area contributed by atoms with Crippen LogP contribution in [-0.4, -0.2) is 116 Å². The number of carbonyl (C=O) groups is 4. The van der Waals surface area contributed by atoms with E-state index < -0.39 is 17.0 Å². The maximum Gasteiger partial charge on any atom is 0.271 e. The monoisotopic (exact) mass is 814 g/mol. The fraction of sp³-hybridized carbons (Fsp3) is 0.429. The first kappa shape index (κ1) is 42.1. The van der Waals surface area contributed by atoms with Crippen LogP contribution < -0.4 is 25.3 Å². The lowest BCUT2D eigenvalue weighted by atomic mass is 10.0. The Morgan fingerprint density at radius 1 is 0.914 bits per heavy atom. The van der Waals surface area contributed by atoms with Gasteiger partial charge in [0.05, 0.1) is 42.5 Å². The van der Waals surface area contributed by atoms with Crippen molar-refractivity contribution in [3.8, 4) is 6.07 Å². The molecule has 0 unspecified atom stereocenters. The van der Waals surface area contributed by atoms with Gasteiger partial charge in [0.2, 0.25) is 5.91 Å². The van der Waals surface area contributed by atoms with Gasteiger partial charge >= 0.3 is 0 Å². The Balaban J connectivity index is 0.928. The molecule has 16 heteroatoms. The molecule has 3 aromatic rings. The fourth-order valence-electron chi connectivity index (χ4n) is 7.41. The minimum atomic E-state index is -3.28. The molecule has 0 aromatic heterocycles. The van der Waals surface area contributed by atoms with Gasteiger partial charge in [-0.1, -0.05) is 12.1 Å². The quantitative estimate of drug-likeness (QED) is 0.125. The third-order valence-corrected chi connectivity index (χ3v) is 11.0. The zero-order chi connectivity index (χ0) is 41.6. The second kappa shape index (κ2) is 18.0. The Kier molecular flexibility index (Phi) is 13.0. The van der Waals surface area contributed by atoms with E-state index >= 15 is 0 Å². The Labute approximate surface area is 342 Å². The molecule has 0 saturated carbocycles. The highest BCUT2D eigenvalue weighted by Crippen LogP contribution is 2.39. The molecule has 0 radical (unpaired) electrons. The van der Waals surface area contributed by atoms with E-state index in [-0.39, 0.29) is 46.3 Å². The normalized spacial score (nSPS) is 17.5. The molecular formula is C42H48F2N8O5S. The predicted octanol–water partition coefficient (Wildman–Crippen LogP) is 4.76. The molecular weight excluding hydrogens is 767 g/mol. The topological polar surface area (TPSA) is 142 Å². The number of Topliss-reactive ketones (excluding diaryl/α,β-unsaturated/α-hetero) is 1. The average molecular weight is 815 g/mol. The van der Waals surface area contributed by atoms with Crippen LogP contribution in [0, 0.1) is 11.3 Å². The number of piperidine rings is 1. The molecule has 3 aliphatic heterocycles. The number of nitrogens with zero attached hydrogens (tertiary/aromatic N) is 6. The molecule has 3 amide bonds. The molecule has 306 valence electrons. The molecule has 3 heterocycles. The Morgan fingerprint density at radius 2 is 1.60 bits per heavy atom. The summed E-state index contributed by atoms with van der Waals surface area (Å²) in [4.78, 5) is 59.3. The predicted molar refractivity (Wildman–Crippen MR) is 221 cm³/mol. The largest absolute Gasteiger partial charge is 0.382 e. The number of para-hydroxylation sites is 1. The van der Waals surface area contributed by atoms with Crippen LogP contribution in [-0.2, 0) is 25.0 Å². The number of piperazine rings is 1. The summed E-state index contributed by atoms with van der Waals surface area (Å²) in [5.74, 6) is -4.13. The van der Waals surface area contributed by atoms with Crippen molar-refractivity contribution in [2.24, 2.45) is 0 Å². The summed E-state index contributed by atoms with van der Waals surface area (Å²) in [5.41, 5.74) is 1.39. The number of benzene rings is 3. The third kappa shape index (κ3) is 9.44. The number of likely N-dealkylation sites (tertiary alicyclic amines) is 1. The number of rotatable bonds is 15. The number of hydrogen-bond donors (Lipinski definition) is 2. The molecule has 0 atom stereocenters. The summed E-state index contributed by atoms with van der Waals surface area (Å²) in [6.07, 6.45) is 0.284. The zero-order valence-electron chi connectivity index (χ0n) is 32.9. The van der Waals surface area contributed by atoms with Gasteiger partial charge < -0.3 is 30.1 Å². The zero-order valence-corrected chi connectivity index (χ0v) is 33.7. The molecule has 3 saturated heterocycles. The number of nitrogens with one attached hydrogen (secondary N) is 2. The standard InChI is InChI=1S/C42H48F2N8O5S/c1-41(2)39(56)51(32-9-8-29(28-45)35(26-32)42(3,43)44)40(58)52(41)31-12-10-30(11-13-31)49-21-19-48(20-22-49)23-25-57-24-16-46-36-7-5-4-6-34(36)38(55)47-15-18-50-17-14-33(53)27-37(50)54/h4-13,26,46H,14-25,27H2,1-3H3,(H,47,55). The Bertz CT molecular complexity index is 2080. The van der Waals surface area contributed by atoms with Crippen LogP contribution >= 0.6 is 12.2 Å². The summed E-state index contributed by atoms with van der Waals surface area (Å²) < 4.78 is 34.7. The highest BCUT2D eigenvalue weighted by Gasteiger charge is 2.50. The number of hydrogen-bond acceptors (Lipinski definition) is 10. The van der Waals surface area contributed by atoms with Crippen LogP contribution in [0.2, 0.25) is 0 Å². The SMILES string of the molecule is CC(F)(F)c1cc(N2C(=O)C(C)(C)N(c3ccc(N4CCN(CCOCCNc5ccccc5C(=O)NCCN5CCC(=O)CC5=O)CC4)cc3)C2=S)ccc1C#N. The van der Waals surface area contributed by atoms with Crippen LogP contribution in [0.25, 0.3) is 0 Å². The molecule has 0 spiro atoms. The molecule has 3 aliphatic rings. The van der Waals surface area contributed by atoms with Gasteiger partial charge in [-0.05, 0) is 80.7 Å². The van der Waals surface area contributed by atoms with E-state index in [1.54, 1.807) is 41.8 Å². The smallest absolute Gasteiger partial charge is 0.271 e. The van der Waals surface area contributed by atoms with E-state index in [1.165, 1.54) is 17.0 Å². The second-order valence-corrected chi connectivity index (χ2v) is 15.4.